The van der Waals surface area contributed by atoms with Gasteiger partial charge in [0.05, 0.1) is 42.2 Å². The molecule has 4 rings (SSSR count). The number of amides is 3. The molecule has 0 bridgehead atoms. The van der Waals surface area contributed by atoms with Gasteiger partial charge in [-0.1, -0.05) is 56.3 Å². The van der Waals surface area contributed by atoms with Crippen molar-refractivity contribution in [2.24, 2.45) is 17.6 Å². The van der Waals surface area contributed by atoms with Gasteiger partial charge in [-0.25, -0.2) is 13.2 Å². The molecule has 0 aromatic heterocycles. The minimum atomic E-state index is -4.16. The van der Waals surface area contributed by atoms with Crippen molar-refractivity contribution in [1.82, 2.24) is 19.8 Å². The number of nitrogens with one attached hydrogen (secondary N) is 2. The first-order valence-electron chi connectivity index (χ1n) is 18.7. The van der Waals surface area contributed by atoms with Crippen molar-refractivity contribution in [2.45, 2.75) is 101 Å². The van der Waals surface area contributed by atoms with E-state index in [0.29, 0.717) is 24.8 Å². The second kappa shape index (κ2) is 20.2. The summed E-state index contributed by atoms with van der Waals surface area (Å²) in [5, 5.41) is 35.6. The van der Waals surface area contributed by atoms with Crippen LogP contribution in [0.3, 0.4) is 0 Å². The maximum atomic E-state index is 14.1. The van der Waals surface area contributed by atoms with Crippen LogP contribution in [-0.4, -0.2) is 126 Å². The molecule has 2 heterocycles. The van der Waals surface area contributed by atoms with Gasteiger partial charge < -0.3 is 46.1 Å². The molecule has 0 aliphatic carbocycles. The van der Waals surface area contributed by atoms with Gasteiger partial charge in [0.2, 0.25) is 21.8 Å². The van der Waals surface area contributed by atoms with Crippen LogP contribution >= 0.6 is 0 Å². The summed E-state index contributed by atoms with van der Waals surface area (Å²) in [6, 6.07) is 12.1. The molecule has 3 amide bonds. The van der Waals surface area contributed by atoms with Crippen molar-refractivity contribution in [1.29, 1.82) is 0 Å². The van der Waals surface area contributed by atoms with Gasteiger partial charge in [-0.2, -0.15) is 4.31 Å². The van der Waals surface area contributed by atoms with Crippen LogP contribution in [0.5, 0.6) is 0 Å². The lowest BCUT2D eigenvalue weighted by Crippen LogP contribution is -2.51. The number of sulfonamides is 1. The van der Waals surface area contributed by atoms with E-state index in [-0.39, 0.29) is 68.6 Å². The molecular weight excluding hydrogens is 735 g/mol. The maximum absolute atomic E-state index is 14.1. The molecule has 55 heavy (non-hydrogen) atoms. The minimum Gasteiger partial charge on any atom is -0.481 e. The highest BCUT2D eigenvalue weighted by Crippen LogP contribution is 2.27. The molecule has 2 aromatic carbocycles. The van der Waals surface area contributed by atoms with Gasteiger partial charge >= 0.3 is 12.1 Å². The molecule has 304 valence electrons. The van der Waals surface area contributed by atoms with Crippen molar-refractivity contribution in [3.8, 4) is 0 Å². The van der Waals surface area contributed by atoms with E-state index in [9.17, 15) is 37.8 Å². The number of carbonyl (C=O) groups excluding carboxylic acids is 3. The fourth-order valence-electron chi connectivity index (χ4n) is 7.00. The molecule has 7 N–H and O–H groups in total. The number of carbonyl (C=O) groups is 4. The van der Waals surface area contributed by atoms with Crippen molar-refractivity contribution in [2.75, 3.05) is 32.8 Å². The Morgan fingerprint density at radius 2 is 1.75 bits per heavy atom. The fraction of sp³-hybridized carbons (Fsp3) is 0.579. The van der Waals surface area contributed by atoms with Crippen LogP contribution in [0.25, 0.3) is 0 Å². The Balaban J connectivity index is 1.44. The average Bonchev–Trinajstić information content (AvgIpc) is 3.77. The zero-order valence-corrected chi connectivity index (χ0v) is 32.4. The molecule has 2 aromatic rings. The number of rotatable bonds is 19. The van der Waals surface area contributed by atoms with Crippen molar-refractivity contribution < 1.29 is 52.4 Å². The van der Waals surface area contributed by atoms with E-state index in [0.717, 1.165) is 5.56 Å². The first-order valence-corrected chi connectivity index (χ1v) is 20.1. The molecule has 17 heteroatoms. The lowest BCUT2D eigenvalue weighted by molar-refractivity contribution is -0.143. The van der Waals surface area contributed by atoms with Gasteiger partial charge in [0.1, 0.15) is 12.1 Å². The van der Waals surface area contributed by atoms with Crippen LogP contribution < -0.4 is 16.4 Å². The predicted molar refractivity (Wildman–Crippen MR) is 201 cm³/mol. The molecule has 1 unspecified atom stereocenters. The highest BCUT2D eigenvalue weighted by Gasteiger charge is 2.39. The van der Waals surface area contributed by atoms with E-state index in [2.05, 4.69) is 10.6 Å². The lowest BCUT2D eigenvalue weighted by Gasteiger charge is -2.31. The quantitative estimate of drug-likeness (QED) is 0.118. The summed E-state index contributed by atoms with van der Waals surface area (Å²) in [7, 11) is -4.16. The minimum absolute atomic E-state index is 0.0346. The number of hydrogen-bond acceptors (Lipinski definition) is 11. The summed E-state index contributed by atoms with van der Waals surface area (Å²) >= 11 is 0. The number of aliphatic hydroxyl groups is 2. The van der Waals surface area contributed by atoms with E-state index < -0.39 is 70.7 Å². The number of nitrogens with zero attached hydrogens (tertiary/aromatic N) is 2. The van der Waals surface area contributed by atoms with Crippen LogP contribution in [0.2, 0.25) is 0 Å². The van der Waals surface area contributed by atoms with Crippen LogP contribution in [0, 0.1) is 11.8 Å². The Morgan fingerprint density at radius 1 is 1.05 bits per heavy atom. The van der Waals surface area contributed by atoms with Gasteiger partial charge in [0.25, 0.3) is 0 Å². The fourth-order valence-corrected chi connectivity index (χ4v) is 8.62. The summed E-state index contributed by atoms with van der Waals surface area (Å²) in [5.41, 5.74) is 7.15. The summed E-state index contributed by atoms with van der Waals surface area (Å²) in [6.45, 7) is 5.70. The highest BCUT2D eigenvalue weighted by atomic mass is 32.2. The number of carboxylic acids is 1. The van der Waals surface area contributed by atoms with Crippen molar-refractivity contribution >= 4 is 33.9 Å². The van der Waals surface area contributed by atoms with Crippen LogP contribution in [-0.2, 0) is 46.8 Å². The Bertz CT molecular complexity index is 1700. The molecule has 2 saturated heterocycles. The lowest BCUT2D eigenvalue weighted by atomic mass is 9.96. The van der Waals surface area contributed by atoms with Gasteiger partial charge in [-0.15, -0.1) is 0 Å². The van der Waals surface area contributed by atoms with Gasteiger partial charge in [-0.05, 0) is 61.8 Å². The number of hydrogen-bond donors (Lipinski definition) is 6. The summed E-state index contributed by atoms with van der Waals surface area (Å²) in [6.07, 6.45) is -1.95. The monoisotopic (exact) mass is 789 g/mol. The third-order valence-corrected chi connectivity index (χ3v) is 11.8. The van der Waals surface area contributed by atoms with Crippen LogP contribution in [0.15, 0.2) is 59.5 Å². The molecule has 0 saturated carbocycles. The van der Waals surface area contributed by atoms with E-state index >= 15 is 0 Å². The second-order valence-electron chi connectivity index (χ2n) is 14.6. The molecule has 7 atom stereocenters. The smallest absolute Gasteiger partial charge is 0.407 e. The van der Waals surface area contributed by atoms with Gasteiger partial charge in [-0.3, -0.25) is 14.4 Å². The number of aliphatic hydroxyl groups excluding tert-OH is 2. The molecule has 2 aliphatic heterocycles. The molecule has 0 radical (unpaired) electrons. The number of carboxylic acid groups (broad SMARTS) is 1. The van der Waals surface area contributed by atoms with Crippen molar-refractivity contribution in [3.63, 3.8) is 0 Å². The van der Waals surface area contributed by atoms with Crippen LogP contribution in [0.1, 0.15) is 57.6 Å². The SMILES string of the molecule is CC(C)CN(C[C@@H](O)[C@H](Cc1ccccc1)NC(=O)OC1CO[C@@H](C)[C@H]1CCO)S(=O)(=O)c1ccc(CNC(=O)[C@@H]2CCCN2C(=O)[C@@H](N)CC(=O)O)cc1. The zero-order chi connectivity index (χ0) is 40.3. The molecule has 2 aliphatic rings. The Labute approximate surface area is 322 Å². The topological polar surface area (TPSA) is 238 Å². The first-order chi connectivity index (χ1) is 26.1. The Morgan fingerprint density at radius 3 is 2.38 bits per heavy atom. The van der Waals surface area contributed by atoms with Gasteiger partial charge in [0.15, 0.2) is 0 Å². The molecule has 2 fully saturated rings. The summed E-state index contributed by atoms with van der Waals surface area (Å²) < 4.78 is 40.6. The standard InChI is InChI=1S/C38H55N5O11S/c1-24(2)21-42(22-33(45)31(18-26-8-5-4-6-9-26)41-38(50)54-34-23-53-25(3)29(34)15-17-44)55(51,52)28-13-11-27(12-14-28)20-40-36(48)32-10-7-16-43(32)37(49)30(39)19-35(46)47/h4-6,8-9,11-14,24-25,29-34,44-45H,7,10,15-23,39H2,1-3H3,(H,40,48)(H,41,50)(H,46,47)/t25-,29+,30-,31-,32-,33+,34?/m0/s1. The summed E-state index contributed by atoms with van der Waals surface area (Å²) in [4.78, 5) is 51.2. The number of likely N-dealkylation sites (tertiary alicyclic amines) is 1. The van der Waals surface area contributed by atoms with E-state index in [1.807, 2.05) is 51.1 Å². The first kappa shape index (κ1) is 43.6. The number of nitrogens with two attached hydrogens (primary N) is 1. The third kappa shape index (κ3) is 12.2. The van der Waals surface area contributed by atoms with Gasteiger partial charge in [0, 0.05) is 38.7 Å². The Hall–Kier alpha value is -4.13. The Kier molecular flexibility index (Phi) is 16.0. The predicted octanol–water partition coefficient (Wildman–Crippen LogP) is 1.23. The van der Waals surface area contributed by atoms with Crippen molar-refractivity contribution in [3.05, 3.63) is 65.7 Å². The molecular formula is C38H55N5O11S. The van der Waals surface area contributed by atoms with E-state index in [1.165, 1.54) is 21.3 Å². The molecule has 16 nitrogen and oxygen atoms in total. The summed E-state index contributed by atoms with van der Waals surface area (Å²) in [5.74, 6) is -2.56. The average molecular weight is 790 g/mol. The third-order valence-electron chi connectivity index (χ3n) is 9.93. The van der Waals surface area contributed by atoms with E-state index in [1.54, 1.807) is 12.1 Å². The largest absolute Gasteiger partial charge is 0.481 e. The second-order valence-corrected chi connectivity index (χ2v) is 16.6. The van der Waals surface area contributed by atoms with Crippen LogP contribution in [0.4, 0.5) is 4.79 Å². The highest BCUT2D eigenvalue weighted by molar-refractivity contribution is 7.89. The maximum Gasteiger partial charge on any atom is 0.407 e. The zero-order valence-electron chi connectivity index (χ0n) is 31.6. The normalized spacial score (nSPS) is 21.6. The molecule has 0 spiro atoms. The number of benzene rings is 2. The number of aliphatic carboxylic acids is 1. The number of alkyl carbamates (subject to hydrolysis) is 1. The van der Waals surface area contributed by atoms with E-state index in [4.69, 9.17) is 20.3 Å². The number of ether oxygens (including phenoxy) is 2.